The second-order valence-corrected chi connectivity index (χ2v) is 4.46. The van der Waals surface area contributed by atoms with Crippen LogP contribution in [0.5, 0.6) is 0 Å². The Morgan fingerprint density at radius 2 is 2.23 bits per heavy atom. The minimum atomic E-state index is 0.676. The quantitative estimate of drug-likeness (QED) is 0.683. The van der Waals surface area contributed by atoms with Gasteiger partial charge in [-0.1, -0.05) is 6.92 Å². The monoisotopic (exact) mass is 184 g/mol. The van der Waals surface area contributed by atoms with Crippen molar-refractivity contribution in [3.8, 4) is 0 Å². The molecule has 2 fully saturated rings. The Morgan fingerprint density at radius 3 is 2.69 bits per heavy atom. The molecular formula is C10H20N2O. The highest BCUT2D eigenvalue weighted by Crippen LogP contribution is 2.17. The van der Waals surface area contributed by atoms with Crippen molar-refractivity contribution in [1.82, 2.24) is 10.2 Å². The Hall–Kier alpha value is -0.120. The third-order valence-corrected chi connectivity index (χ3v) is 3.42. The van der Waals surface area contributed by atoms with Crippen molar-refractivity contribution in [3.05, 3.63) is 0 Å². The molecule has 3 heteroatoms. The molecule has 2 aliphatic heterocycles. The van der Waals surface area contributed by atoms with Crippen LogP contribution in [0.2, 0.25) is 0 Å². The third-order valence-electron chi connectivity index (χ3n) is 3.42. The highest BCUT2D eigenvalue weighted by Gasteiger charge is 2.28. The molecule has 0 saturated carbocycles. The summed E-state index contributed by atoms with van der Waals surface area (Å²) in [7, 11) is 2.21. The number of hydrogen-bond acceptors (Lipinski definition) is 3. The highest BCUT2D eigenvalue weighted by atomic mass is 16.5. The van der Waals surface area contributed by atoms with Crippen LogP contribution in [0, 0.1) is 5.92 Å². The fraction of sp³-hybridized carbons (Fsp3) is 1.00. The molecule has 2 saturated heterocycles. The molecule has 0 aliphatic carbocycles. The van der Waals surface area contributed by atoms with E-state index in [2.05, 4.69) is 24.2 Å². The van der Waals surface area contributed by atoms with Crippen LogP contribution in [0.15, 0.2) is 0 Å². The summed E-state index contributed by atoms with van der Waals surface area (Å²) < 4.78 is 5.19. The Labute approximate surface area is 80.4 Å². The first-order valence-electron chi connectivity index (χ1n) is 5.28. The van der Waals surface area contributed by atoms with Crippen molar-refractivity contribution in [2.45, 2.75) is 25.4 Å². The van der Waals surface area contributed by atoms with E-state index in [1.165, 1.54) is 19.5 Å². The molecule has 0 spiro atoms. The smallest absolute Gasteiger partial charge is 0.0645 e. The van der Waals surface area contributed by atoms with Gasteiger partial charge in [0, 0.05) is 12.6 Å². The zero-order chi connectivity index (χ0) is 9.26. The Bertz CT molecular complexity index is 170. The molecule has 0 bridgehead atoms. The molecule has 1 N–H and O–H groups in total. The number of rotatable bonds is 3. The molecule has 0 aromatic carbocycles. The lowest BCUT2D eigenvalue weighted by atomic mass is 10.0. The summed E-state index contributed by atoms with van der Waals surface area (Å²) in [6.07, 6.45) is 1.33. The summed E-state index contributed by atoms with van der Waals surface area (Å²) in [6, 6.07) is 1.38. The molecule has 0 radical (unpaired) electrons. The molecule has 2 aliphatic rings. The van der Waals surface area contributed by atoms with Gasteiger partial charge in [0.25, 0.3) is 0 Å². The second kappa shape index (κ2) is 3.95. The molecule has 2 atom stereocenters. The van der Waals surface area contributed by atoms with E-state index in [1.807, 2.05) is 0 Å². The average molecular weight is 184 g/mol. The van der Waals surface area contributed by atoms with Crippen LogP contribution in [-0.4, -0.2) is 50.3 Å². The fourth-order valence-electron chi connectivity index (χ4n) is 2.08. The third kappa shape index (κ3) is 2.03. The Kier molecular flexibility index (Phi) is 2.86. The number of hydrogen-bond donors (Lipinski definition) is 1. The standard InChI is InChI=1S/C10H20N2O/c1-8-3-4-11-10(8)5-12(2)9-6-13-7-9/h8-11H,3-7H2,1-2H3. The van der Waals surface area contributed by atoms with Gasteiger partial charge in [0.1, 0.15) is 0 Å². The average Bonchev–Trinajstić information content (AvgIpc) is 2.32. The van der Waals surface area contributed by atoms with Crippen molar-refractivity contribution < 1.29 is 4.74 Å². The van der Waals surface area contributed by atoms with Crippen molar-refractivity contribution in [3.63, 3.8) is 0 Å². The molecule has 3 nitrogen and oxygen atoms in total. The predicted molar refractivity (Wildman–Crippen MR) is 52.8 cm³/mol. The zero-order valence-corrected chi connectivity index (χ0v) is 8.62. The van der Waals surface area contributed by atoms with Gasteiger partial charge in [-0.05, 0) is 25.9 Å². The summed E-state index contributed by atoms with van der Waals surface area (Å²) >= 11 is 0. The van der Waals surface area contributed by atoms with E-state index in [9.17, 15) is 0 Å². The van der Waals surface area contributed by atoms with Gasteiger partial charge in [-0.25, -0.2) is 0 Å². The van der Waals surface area contributed by atoms with Gasteiger partial charge >= 0.3 is 0 Å². The molecule has 2 unspecified atom stereocenters. The second-order valence-electron chi connectivity index (χ2n) is 4.46. The van der Waals surface area contributed by atoms with Crippen LogP contribution in [0.3, 0.4) is 0 Å². The molecule has 2 heterocycles. The van der Waals surface area contributed by atoms with Gasteiger partial charge in [-0.15, -0.1) is 0 Å². The van der Waals surface area contributed by atoms with E-state index in [-0.39, 0.29) is 0 Å². The largest absolute Gasteiger partial charge is 0.378 e. The Morgan fingerprint density at radius 1 is 1.46 bits per heavy atom. The van der Waals surface area contributed by atoms with Gasteiger partial charge < -0.3 is 10.1 Å². The molecule has 0 amide bonds. The minimum absolute atomic E-state index is 0.676. The lowest BCUT2D eigenvalue weighted by Crippen LogP contribution is -2.51. The maximum Gasteiger partial charge on any atom is 0.0645 e. The van der Waals surface area contributed by atoms with E-state index < -0.39 is 0 Å². The number of ether oxygens (including phenoxy) is 1. The first-order valence-corrected chi connectivity index (χ1v) is 5.28. The maximum atomic E-state index is 5.19. The normalized spacial score (nSPS) is 35.3. The zero-order valence-electron chi connectivity index (χ0n) is 8.62. The van der Waals surface area contributed by atoms with Crippen LogP contribution in [0.4, 0.5) is 0 Å². The summed E-state index contributed by atoms with van der Waals surface area (Å²) in [6.45, 7) is 6.57. The number of likely N-dealkylation sites (N-methyl/N-ethyl adjacent to an activating group) is 1. The van der Waals surface area contributed by atoms with Gasteiger partial charge in [-0.2, -0.15) is 0 Å². The number of nitrogens with one attached hydrogen (secondary N) is 1. The van der Waals surface area contributed by atoms with Crippen molar-refractivity contribution in [2.24, 2.45) is 5.92 Å². The van der Waals surface area contributed by atoms with Crippen molar-refractivity contribution in [2.75, 3.05) is 33.4 Å². The molecular weight excluding hydrogens is 164 g/mol. The van der Waals surface area contributed by atoms with E-state index in [0.717, 1.165) is 19.1 Å². The minimum Gasteiger partial charge on any atom is -0.378 e. The van der Waals surface area contributed by atoms with Crippen LogP contribution >= 0.6 is 0 Å². The molecule has 0 aromatic heterocycles. The van der Waals surface area contributed by atoms with Crippen LogP contribution in [0.1, 0.15) is 13.3 Å². The van der Waals surface area contributed by atoms with E-state index in [4.69, 9.17) is 4.74 Å². The SMILES string of the molecule is CC1CCNC1CN(C)C1COC1. The van der Waals surface area contributed by atoms with E-state index in [0.29, 0.717) is 12.1 Å². The maximum absolute atomic E-state index is 5.19. The lowest BCUT2D eigenvalue weighted by Gasteiger charge is -2.36. The summed E-state index contributed by atoms with van der Waals surface area (Å²) in [5.41, 5.74) is 0. The van der Waals surface area contributed by atoms with Gasteiger partial charge in [0.15, 0.2) is 0 Å². The van der Waals surface area contributed by atoms with E-state index in [1.54, 1.807) is 0 Å². The van der Waals surface area contributed by atoms with Gasteiger partial charge in [0.2, 0.25) is 0 Å². The molecule has 13 heavy (non-hydrogen) atoms. The highest BCUT2D eigenvalue weighted by molar-refractivity contribution is 4.85. The topological polar surface area (TPSA) is 24.5 Å². The predicted octanol–water partition coefficient (Wildman–Crippen LogP) is 0.315. The first-order chi connectivity index (χ1) is 6.27. The summed E-state index contributed by atoms with van der Waals surface area (Å²) in [5, 5.41) is 3.56. The first kappa shape index (κ1) is 9.44. The van der Waals surface area contributed by atoms with Crippen LogP contribution in [0.25, 0.3) is 0 Å². The fourth-order valence-corrected chi connectivity index (χ4v) is 2.08. The molecule has 0 aromatic rings. The van der Waals surface area contributed by atoms with Crippen molar-refractivity contribution in [1.29, 1.82) is 0 Å². The van der Waals surface area contributed by atoms with Crippen LogP contribution in [-0.2, 0) is 4.74 Å². The van der Waals surface area contributed by atoms with E-state index >= 15 is 0 Å². The van der Waals surface area contributed by atoms with Crippen LogP contribution < -0.4 is 5.32 Å². The summed E-state index contributed by atoms with van der Waals surface area (Å²) in [4.78, 5) is 2.43. The Balaban J connectivity index is 1.75. The summed E-state index contributed by atoms with van der Waals surface area (Å²) in [5.74, 6) is 0.837. The molecule has 76 valence electrons. The lowest BCUT2D eigenvalue weighted by molar-refractivity contribution is -0.0585. The van der Waals surface area contributed by atoms with Crippen molar-refractivity contribution >= 4 is 0 Å². The number of nitrogens with zero attached hydrogens (tertiary/aromatic N) is 1. The van der Waals surface area contributed by atoms with Gasteiger partial charge in [0.05, 0.1) is 19.3 Å². The van der Waals surface area contributed by atoms with Gasteiger partial charge in [-0.3, -0.25) is 4.90 Å². The molecule has 2 rings (SSSR count).